The molecule has 10 nitrogen and oxygen atoms in total. The SMILES string of the molecule is N#Cc1cc(-n2c3ccccc3c3c4oc5ccccc5c4ccc32)c(C#N)cc1-n1c2ccccc2c2cc(-c3ccc4oc5c(ccc6c5c5ccccc5n6-c5cc(-n6c7ccccc7c7ccccc76)c(C#N)cc5C#N)c4c3)ccc21. The first-order valence-electron chi connectivity index (χ1n) is 28.2. The molecule has 18 rings (SSSR count). The van der Waals surface area contributed by atoms with Crippen LogP contribution in [0.3, 0.4) is 0 Å². The Morgan fingerprint density at radius 2 is 0.581 bits per heavy atom. The molecule has 0 atom stereocenters. The third-order valence-electron chi connectivity index (χ3n) is 17.7. The van der Waals surface area contributed by atoms with Gasteiger partial charge in [0.1, 0.15) is 46.6 Å². The second-order valence-electron chi connectivity index (χ2n) is 22.0. The molecule has 394 valence electrons. The van der Waals surface area contributed by atoms with Crippen LogP contribution in [0, 0.1) is 45.3 Å². The lowest BCUT2D eigenvalue weighted by molar-refractivity contribution is 0.672. The van der Waals surface area contributed by atoms with Gasteiger partial charge in [0.2, 0.25) is 0 Å². The van der Waals surface area contributed by atoms with E-state index in [0.717, 1.165) is 142 Å². The number of nitriles is 4. The lowest BCUT2D eigenvalue weighted by Crippen LogP contribution is -2.04. The average molecular weight is 1100 g/mol. The second-order valence-corrected chi connectivity index (χ2v) is 22.0. The predicted molar refractivity (Wildman–Crippen MR) is 343 cm³/mol. The molecule has 0 saturated heterocycles. The fourth-order valence-corrected chi connectivity index (χ4v) is 14.1. The number of fused-ring (bicyclic) bond motifs is 20. The summed E-state index contributed by atoms with van der Waals surface area (Å²) in [5, 5.41) is 55.7. The van der Waals surface area contributed by atoms with Gasteiger partial charge in [-0.15, -0.1) is 0 Å². The monoisotopic (exact) mass is 1090 g/mol. The van der Waals surface area contributed by atoms with Gasteiger partial charge in [0.05, 0.1) is 99.9 Å². The molecule has 10 heteroatoms. The molecule has 6 aromatic heterocycles. The highest BCUT2D eigenvalue weighted by molar-refractivity contribution is 6.26. The molecule has 6 heterocycles. The molecule has 0 aliphatic carbocycles. The van der Waals surface area contributed by atoms with Crippen molar-refractivity contribution >= 4 is 131 Å². The first kappa shape index (κ1) is 47.1. The maximum atomic E-state index is 11.1. The number of hydrogen-bond acceptors (Lipinski definition) is 6. The van der Waals surface area contributed by atoms with Crippen LogP contribution in [-0.2, 0) is 0 Å². The van der Waals surface area contributed by atoms with E-state index in [2.05, 4.69) is 164 Å². The Kier molecular flexibility index (Phi) is 9.56. The average Bonchev–Trinajstić information content (AvgIpc) is 2.24. The Morgan fingerprint density at radius 3 is 1.08 bits per heavy atom. The molecule has 0 spiro atoms. The van der Waals surface area contributed by atoms with Crippen molar-refractivity contribution in [1.82, 2.24) is 18.3 Å². The number of rotatable bonds is 5. The zero-order valence-corrected chi connectivity index (χ0v) is 45.3. The number of hydrogen-bond donors (Lipinski definition) is 0. The molecule has 0 bridgehead atoms. The van der Waals surface area contributed by atoms with E-state index in [0.29, 0.717) is 45.0 Å². The normalized spacial score (nSPS) is 11.9. The van der Waals surface area contributed by atoms with Crippen LogP contribution in [0.1, 0.15) is 22.3 Å². The third-order valence-corrected chi connectivity index (χ3v) is 17.7. The highest BCUT2D eigenvalue weighted by atomic mass is 16.3. The van der Waals surface area contributed by atoms with Crippen molar-refractivity contribution in [2.24, 2.45) is 0 Å². The van der Waals surface area contributed by atoms with E-state index >= 15 is 0 Å². The minimum absolute atomic E-state index is 0.375. The first-order chi connectivity index (χ1) is 42.5. The number of nitrogens with zero attached hydrogens (tertiary/aromatic N) is 8. The van der Waals surface area contributed by atoms with E-state index in [1.807, 2.05) is 103 Å². The largest absolute Gasteiger partial charge is 0.455 e. The third kappa shape index (κ3) is 6.28. The predicted octanol–water partition coefficient (Wildman–Crippen LogP) is 19.0. The van der Waals surface area contributed by atoms with Crippen molar-refractivity contribution in [3.05, 3.63) is 253 Å². The summed E-state index contributed by atoms with van der Waals surface area (Å²) >= 11 is 0. The van der Waals surface area contributed by atoms with Crippen molar-refractivity contribution in [2.75, 3.05) is 0 Å². The van der Waals surface area contributed by atoms with Gasteiger partial charge in [0.25, 0.3) is 0 Å². The van der Waals surface area contributed by atoms with E-state index in [-0.39, 0.29) is 0 Å². The fraction of sp³-hybridized carbons (Fsp3) is 0. The van der Waals surface area contributed by atoms with Crippen LogP contribution >= 0.6 is 0 Å². The van der Waals surface area contributed by atoms with Gasteiger partial charge in [0, 0.05) is 53.9 Å². The molecule has 0 unspecified atom stereocenters. The summed E-state index contributed by atoms with van der Waals surface area (Å²) in [6, 6.07) is 87.5. The summed E-state index contributed by atoms with van der Waals surface area (Å²) in [6.07, 6.45) is 0. The van der Waals surface area contributed by atoms with Crippen LogP contribution in [0.15, 0.2) is 239 Å². The molecule has 86 heavy (non-hydrogen) atoms. The molecule has 0 fully saturated rings. The van der Waals surface area contributed by atoms with Crippen molar-refractivity contribution < 1.29 is 8.83 Å². The Labute approximate surface area is 487 Å². The second kappa shape index (κ2) is 17.5. The van der Waals surface area contributed by atoms with Gasteiger partial charge in [-0.05, 0) is 120 Å². The molecule has 0 amide bonds. The highest BCUT2D eigenvalue weighted by Crippen LogP contribution is 2.46. The van der Waals surface area contributed by atoms with Crippen LogP contribution in [-0.4, -0.2) is 18.3 Å². The summed E-state index contributed by atoms with van der Waals surface area (Å²) in [5.74, 6) is 0. The Bertz CT molecular complexity index is 6230. The van der Waals surface area contributed by atoms with E-state index < -0.39 is 0 Å². The van der Waals surface area contributed by atoms with Gasteiger partial charge >= 0.3 is 0 Å². The van der Waals surface area contributed by atoms with Gasteiger partial charge < -0.3 is 27.1 Å². The molecule has 18 aromatic rings. The Balaban J connectivity index is 0.778. The molecular formula is C76H38N8O2. The van der Waals surface area contributed by atoms with Gasteiger partial charge in [-0.1, -0.05) is 121 Å². The first-order valence-corrected chi connectivity index (χ1v) is 28.2. The van der Waals surface area contributed by atoms with Gasteiger partial charge in [0.15, 0.2) is 0 Å². The van der Waals surface area contributed by atoms with Crippen LogP contribution in [0.25, 0.3) is 165 Å². The molecule has 0 radical (unpaired) electrons. The quantitative estimate of drug-likeness (QED) is 0.168. The smallest absolute Gasteiger partial charge is 0.145 e. The molecule has 12 aromatic carbocycles. The maximum absolute atomic E-state index is 11.1. The Morgan fingerprint density at radius 1 is 0.244 bits per heavy atom. The van der Waals surface area contributed by atoms with Crippen molar-refractivity contribution in [3.8, 4) is 58.2 Å². The summed E-state index contributed by atoms with van der Waals surface area (Å²) < 4.78 is 22.0. The summed E-state index contributed by atoms with van der Waals surface area (Å²) in [5.41, 5.74) is 16.5. The van der Waals surface area contributed by atoms with Crippen LogP contribution in [0.4, 0.5) is 0 Å². The van der Waals surface area contributed by atoms with Crippen molar-refractivity contribution in [3.63, 3.8) is 0 Å². The van der Waals surface area contributed by atoms with Crippen LogP contribution < -0.4 is 0 Å². The van der Waals surface area contributed by atoms with Crippen LogP contribution in [0.5, 0.6) is 0 Å². The number of aromatic nitrogens is 4. The summed E-state index contributed by atoms with van der Waals surface area (Å²) in [6.45, 7) is 0. The van der Waals surface area contributed by atoms with E-state index in [4.69, 9.17) is 8.83 Å². The van der Waals surface area contributed by atoms with E-state index in [9.17, 15) is 21.0 Å². The van der Waals surface area contributed by atoms with Crippen molar-refractivity contribution in [2.45, 2.75) is 0 Å². The van der Waals surface area contributed by atoms with Gasteiger partial charge in [-0.2, -0.15) is 21.0 Å². The molecule has 0 aliphatic heterocycles. The number of benzene rings is 12. The molecule has 0 saturated carbocycles. The number of furan rings is 2. The van der Waals surface area contributed by atoms with E-state index in [1.54, 1.807) is 6.07 Å². The maximum Gasteiger partial charge on any atom is 0.145 e. The molecule has 0 aliphatic rings. The standard InChI is InChI=1S/C76H38N8O2/c77-39-45-33-46(40-78)70(38-69(45)81-59-19-7-1-13-49(59)50-14-2-8-20-60(50)81)84-63-23-11-5-18-56(63)74-66(84)31-28-54-58-35-44(26-32-72(58)86-76(54)74)43-25-29-64-57(34-43)51-15-3-9-21-61(51)82(64)67-36-48(42-80)68(37-47(67)41-79)83-62-22-10-4-17-55(62)73-65(83)30-27-53-52-16-6-12-24-71(52)85-75(53)73/h1-38H. The fourth-order valence-electron chi connectivity index (χ4n) is 14.1. The highest BCUT2D eigenvalue weighted by Gasteiger charge is 2.26. The van der Waals surface area contributed by atoms with Gasteiger partial charge in [-0.3, -0.25) is 0 Å². The van der Waals surface area contributed by atoms with E-state index in [1.165, 1.54) is 0 Å². The minimum Gasteiger partial charge on any atom is -0.455 e. The van der Waals surface area contributed by atoms with Gasteiger partial charge in [-0.25, -0.2) is 0 Å². The van der Waals surface area contributed by atoms with Crippen LogP contribution in [0.2, 0.25) is 0 Å². The lowest BCUT2D eigenvalue weighted by atomic mass is 10.00. The Hall–Kier alpha value is -12.6. The summed E-state index contributed by atoms with van der Waals surface area (Å²) in [4.78, 5) is 0. The molecular weight excluding hydrogens is 1060 g/mol. The summed E-state index contributed by atoms with van der Waals surface area (Å²) in [7, 11) is 0. The molecule has 0 N–H and O–H groups in total. The zero-order chi connectivity index (χ0) is 57.1. The lowest BCUT2D eigenvalue weighted by Gasteiger charge is -2.16. The minimum atomic E-state index is 0.375. The van der Waals surface area contributed by atoms with Crippen molar-refractivity contribution in [1.29, 1.82) is 21.0 Å². The zero-order valence-electron chi connectivity index (χ0n) is 45.3. The number of para-hydroxylation sites is 6. The topological polar surface area (TPSA) is 141 Å².